The van der Waals surface area contributed by atoms with Gasteiger partial charge in [-0.1, -0.05) is 23.7 Å². The normalized spacial score (nSPS) is 15.0. The summed E-state index contributed by atoms with van der Waals surface area (Å²) in [5.74, 6) is 0.699. The molecule has 8 nitrogen and oxygen atoms in total. The third kappa shape index (κ3) is 3.85. The number of hydrogen-bond acceptors (Lipinski definition) is 5. The summed E-state index contributed by atoms with van der Waals surface area (Å²) in [7, 11) is 1.97. The Bertz CT molecular complexity index is 1080. The van der Waals surface area contributed by atoms with Crippen LogP contribution in [0, 0.1) is 20.8 Å². The second-order valence-electron chi connectivity index (χ2n) is 7.69. The van der Waals surface area contributed by atoms with Crippen LogP contribution in [0.3, 0.4) is 0 Å². The van der Waals surface area contributed by atoms with Crippen LogP contribution >= 0.6 is 11.6 Å². The maximum absolute atomic E-state index is 13.0. The first-order valence-electron chi connectivity index (χ1n) is 10.0. The summed E-state index contributed by atoms with van der Waals surface area (Å²) in [5.41, 5.74) is 4.25. The number of aryl methyl sites for hydroxylation is 3. The van der Waals surface area contributed by atoms with Crippen molar-refractivity contribution in [2.24, 2.45) is 7.05 Å². The van der Waals surface area contributed by atoms with Crippen molar-refractivity contribution in [1.82, 2.24) is 34.3 Å². The van der Waals surface area contributed by atoms with E-state index in [1.165, 1.54) is 11.3 Å². The van der Waals surface area contributed by atoms with Gasteiger partial charge in [0.1, 0.15) is 5.82 Å². The number of halogens is 1. The number of rotatable bonds is 4. The molecule has 1 fully saturated rings. The fraction of sp³-hybridized carbons (Fsp3) is 0.429. The van der Waals surface area contributed by atoms with E-state index in [0.29, 0.717) is 23.9 Å². The van der Waals surface area contributed by atoms with E-state index in [4.69, 9.17) is 11.6 Å². The van der Waals surface area contributed by atoms with Crippen LogP contribution in [0.5, 0.6) is 0 Å². The van der Waals surface area contributed by atoms with E-state index in [-0.39, 0.29) is 11.7 Å². The van der Waals surface area contributed by atoms with Gasteiger partial charge in [0, 0.05) is 51.0 Å². The molecule has 0 aliphatic carbocycles. The minimum Gasteiger partial charge on any atom is -0.333 e. The maximum Gasteiger partial charge on any atom is 0.293 e. The molecule has 1 aliphatic heterocycles. The van der Waals surface area contributed by atoms with Crippen LogP contribution in [-0.4, -0.2) is 66.4 Å². The highest BCUT2D eigenvalue weighted by atomic mass is 35.5. The number of amides is 1. The number of piperazine rings is 1. The molecule has 1 saturated heterocycles. The third-order valence-electron chi connectivity index (χ3n) is 5.74. The van der Waals surface area contributed by atoms with Crippen LogP contribution < -0.4 is 0 Å². The van der Waals surface area contributed by atoms with Crippen LogP contribution in [0.2, 0.25) is 5.02 Å². The Hall–Kier alpha value is -2.71. The third-order valence-corrected chi connectivity index (χ3v) is 6.06. The molecule has 1 aliphatic rings. The fourth-order valence-electron chi connectivity index (χ4n) is 3.85. The van der Waals surface area contributed by atoms with Crippen molar-refractivity contribution >= 4 is 17.5 Å². The lowest BCUT2D eigenvalue weighted by Crippen LogP contribution is -2.48. The Morgan fingerprint density at radius 3 is 2.40 bits per heavy atom. The molecule has 4 rings (SSSR count). The second-order valence-corrected chi connectivity index (χ2v) is 8.09. The van der Waals surface area contributed by atoms with Gasteiger partial charge < -0.3 is 4.90 Å². The average molecular weight is 428 g/mol. The van der Waals surface area contributed by atoms with E-state index in [1.54, 1.807) is 10.7 Å². The van der Waals surface area contributed by atoms with E-state index < -0.39 is 0 Å². The summed E-state index contributed by atoms with van der Waals surface area (Å²) < 4.78 is 3.55. The molecule has 0 saturated carbocycles. The number of aromatic nitrogens is 5. The van der Waals surface area contributed by atoms with E-state index in [0.717, 1.165) is 31.0 Å². The predicted octanol–water partition coefficient (Wildman–Crippen LogP) is 2.54. The molecule has 3 aromatic rings. The topological polar surface area (TPSA) is 72.1 Å². The summed E-state index contributed by atoms with van der Waals surface area (Å²) in [6.45, 7) is 9.74. The van der Waals surface area contributed by atoms with Crippen molar-refractivity contribution in [2.75, 3.05) is 26.2 Å². The van der Waals surface area contributed by atoms with Crippen molar-refractivity contribution in [3.8, 4) is 5.69 Å². The van der Waals surface area contributed by atoms with Crippen LogP contribution in [-0.2, 0) is 13.6 Å². The highest BCUT2D eigenvalue weighted by Crippen LogP contribution is 2.21. The Morgan fingerprint density at radius 1 is 1.07 bits per heavy atom. The van der Waals surface area contributed by atoms with Crippen LogP contribution in [0.1, 0.15) is 33.4 Å². The molecule has 0 atom stereocenters. The van der Waals surface area contributed by atoms with Gasteiger partial charge in [0.25, 0.3) is 5.91 Å². The molecule has 1 aromatic carbocycles. The minimum absolute atomic E-state index is 0.141. The number of nitrogens with zero attached hydrogens (tertiary/aromatic N) is 7. The van der Waals surface area contributed by atoms with Crippen molar-refractivity contribution in [3.63, 3.8) is 0 Å². The Morgan fingerprint density at radius 2 is 1.77 bits per heavy atom. The Labute approximate surface area is 181 Å². The SMILES string of the molecule is Cc1nn(C)c(C)c1CN1CCN(C(=O)c2nc(C)n(-c3ccccc3Cl)n2)CC1. The minimum atomic E-state index is -0.141. The largest absolute Gasteiger partial charge is 0.333 e. The molecule has 9 heteroatoms. The van der Waals surface area contributed by atoms with Gasteiger partial charge in [-0.2, -0.15) is 5.10 Å². The smallest absolute Gasteiger partial charge is 0.293 e. The average Bonchev–Trinajstić information content (AvgIpc) is 3.23. The number of carbonyl (C=O) groups is 1. The van der Waals surface area contributed by atoms with E-state index in [9.17, 15) is 4.79 Å². The van der Waals surface area contributed by atoms with Gasteiger partial charge in [-0.3, -0.25) is 14.4 Å². The van der Waals surface area contributed by atoms with Gasteiger partial charge in [-0.05, 0) is 32.9 Å². The van der Waals surface area contributed by atoms with Crippen LogP contribution in [0.15, 0.2) is 24.3 Å². The van der Waals surface area contributed by atoms with Gasteiger partial charge in [-0.25, -0.2) is 9.67 Å². The predicted molar refractivity (Wildman–Crippen MR) is 115 cm³/mol. The van der Waals surface area contributed by atoms with Crippen LogP contribution in [0.4, 0.5) is 0 Å². The molecule has 2 aromatic heterocycles. The zero-order chi connectivity index (χ0) is 21.4. The number of carbonyl (C=O) groups excluding carboxylic acids is 1. The molecule has 0 radical (unpaired) electrons. The fourth-order valence-corrected chi connectivity index (χ4v) is 4.07. The zero-order valence-electron chi connectivity index (χ0n) is 17.8. The molecule has 0 unspecified atom stereocenters. The van der Waals surface area contributed by atoms with Crippen molar-refractivity contribution in [2.45, 2.75) is 27.3 Å². The lowest BCUT2D eigenvalue weighted by molar-refractivity contribution is 0.0616. The molecule has 0 bridgehead atoms. The highest BCUT2D eigenvalue weighted by molar-refractivity contribution is 6.32. The summed E-state index contributed by atoms with van der Waals surface area (Å²) in [4.78, 5) is 21.6. The molecule has 30 heavy (non-hydrogen) atoms. The van der Waals surface area contributed by atoms with E-state index in [1.807, 2.05) is 48.7 Å². The monoisotopic (exact) mass is 427 g/mol. The van der Waals surface area contributed by atoms with Gasteiger partial charge in [0.15, 0.2) is 0 Å². The second kappa shape index (κ2) is 8.20. The Kier molecular flexibility index (Phi) is 5.62. The zero-order valence-corrected chi connectivity index (χ0v) is 18.5. The first-order chi connectivity index (χ1) is 14.3. The van der Waals surface area contributed by atoms with Crippen LogP contribution in [0.25, 0.3) is 5.69 Å². The number of para-hydroxylation sites is 1. The van der Waals surface area contributed by atoms with Gasteiger partial charge >= 0.3 is 0 Å². The highest BCUT2D eigenvalue weighted by Gasteiger charge is 2.26. The standard InChI is InChI=1S/C21H26ClN7O/c1-14-17(15(2)26(4)24-14)13-27-9-11-28(12-10-27)21(30)20-23-16(3)29(25-20)19-8-6-5-7-18(19)22/h5-8H,9-13H2,1-4H3. The summed E-state index contributed by atoms with van der Waals surface area (Å²) in [6, 6.07) is 7.40. The van der Waals surface area contributed by atoms with Gasteiger partial charge in [-0.15, -0.1) is 5.10 Å². The summed E-state index contributed by atoms with van der Waals surface area (Å²) in [6.07, 6.45) is 0. The lowest BCUT2D eigenvalue weighted by atomic mass is 10.1. The molecule has 158 valence electrons. The first kappa shape index (κ1) is 20.6. The quantitative estimate of drug-likeness (QED) is 0.639. The summed E-state index contributed by atoms with van der Waals surface area (Å²) in [5, 5.41) is 9.50. The van der Waals surface area contributed by atoms with Crippen molar-refractivity contribution in [3.05, 3.63) is 57.9 Å². The molecule has 1 amide bonds. The van der Waals surface area contributed by atoms with Gasteiger partial charge in [0.05, 0.1) is 16.4 Å². The lowest BCUT2D eigenvalue weighted by Gasteiger charge is -2.34. The molecule has 0 spiro atoms. The van der Waals surface area contributed by atoms with Crippen molar-refractivity contribution < 1.29 is 4.79 Å². The first-order valence-corrected chi connectivity index (χ1v) is 10.4. The van der Waals surface area contributed by atoms with E-state index in [2.05, 4.69) is 27.0 Å². The molecular formula is C21H26ClN7O. The number of benzene rings is 1. The van der Waals surface area contributed by atoms with Crippen molar-refractivity contribution in [1.29, 1.82) is 0 Å². The molecule has 0 N–H and O–H groups in total. The summed E-state index contributed by atoms with van der Waals surface area (Å²) >= 11 is 6.28. The van der Waals surface area contributed by atoms with E-state index >= 15 is 0 Å². The van der Waals surface area contributed by atoms with Gasteiger partial charge in [0.2, 0.25) is 5.82 Å². The number of hydrogen-bond donors (Lipinski definition) is 0. The molecular weight excluding hydrogens is 402 g/mol. The molecule has 3 heterocycles. The Balaban J connectivity index is 1.42. The maximum atomic E-state index is 13.0.